The number of benzene rings is 6. The number of nitro benzene ring substituents is 1. The number of hydrogen-bond acceptors (Lipinski definition) is 18. The Balaban J connectivity index is 1.31. The quantitative estimate of drug-likeness (QED) is 0.0128. The summed E-state index contributed by atoms with van der Waals surface area (Å²) in [5.74, 6) is -0.630. The van der Waals surface area contributed by atoms with Crippen molar-refractivity contribution in [3.8, 4) is 16.9 Å². The molecule has 0 unspecified atom stereocenters. The third-order valence-corrected chi connectivity index (χ3v) is 9.22. The molecule has 6 aromatic carbocycles. The molecule has 55 heavy (non-hydrogen) atoms. The van der Waals surface area contributed by atoms with Gasteiger partial charge in [-0.25, -0.2) is 5.26 Å². The minimum Gasteiger partial charge on any atom is -0.505 e. The summed E-state index contributed by atoms with van der Waals surface area (Å²) in [7, 11) is -4.96. The van der Waals surface area contributed by atoms with Crippen molar-refractivity contribution in [1.29, 1.82) is 0 Å². The Labute approximate surface area is 314 Å². The second kappa shape index (κ2) is 16.0. The summed E-state index contributed by atoms with van der Waals surface area (Å²) in [4.78, 5) is 9.62. The van der Waals surface area contributed by atoms with Crippen LogP contribution in [-0.2, 0) is 19.5 Å². The van der Waals surface area contributed by atoms with Crippen molar-refractivity contribution >= 4 is 89.8 Å². The van der Waals surface area contributed by atoms with Gasteiger partial charge in [0.05, 0.1) is 55.7 Å². The van der Waals surface area contributed by atoms with Gasteiger partial charge < -0.3 is 22.3 Å². The summed E-state index contributed by atoms with van der Waals surface area (Å²) in [6.45, 7) is 0. The summed E-state index contributed by atoms with van der Waals surface area (Å²) in [6.07, 6.45) is 0. The van der Waals surface area contributed by atoms with Gasteiger partial charge in [0.2, 0.25) is 0 Å². The highest BCUT2D eigenvalue weighted by Crippen LogP contribution is 2.49. The number of anilines is 3. The molecule has 0 saturated heterocycles. The molecule has 6 rings (SSSR count). The number of nitro groups is 1. The maximum Gasteiger partial charge on any atom is 0.296 e. The van der Waals surface area contributed by atoms with Crippen molar-refractivity contribution in [2.75, 3.05) is 17.2 Å². The van der Waals surface area contributed by atoms with E-state index in [-0.39, 0.29) is 38.4 Å². The molecule has 0 heterocycles. The number of nitrogen functional groups attached to an aromatic ring is 3. The number of phenolic OH excluding ortho intramolecular Hbond substituents is 1. The van der Waals surface area contributed by atoms with Gasteiger partial charge in [0.15, 0.2) is 5.75 Å². The Morgan fingerprint density at radius 3 is 1.78 bits per heavy atom. The van der Waals surface area contributed by atoms with Crippen LogP contribution in [0.15, 0.2) is 144 Å². The number of nitrogens with two attached hydrogens (primary N) is 3. The minimum atomic E-state index is -4.96. The Hall–Kier alpha value is -6.88. The number of azo groups is 3. The zero-order valence-electron chi connectivity index (χ0n) is 27.8. The van der Waals surface area contributed by atoms with Gasteiger partial charge in [-0.15, -0.1) is 19.7 Å². The molecule has 0 spiro atoms. The second-order valence-corrected chi connectivity index (χ2v) is 13.4. The molecular formula is C34H26N10O9S2. The third-order valence-electron chi connectivity index (χ3n) is 7.73. The van der Waals surface area contributed by atoms with E-state index in [4.69, 9.17) is 22.5 Å². The molecule has 9 N–H and O–H groups in total. The topological polar surface area (TPSA) is 309 Å². The molecule has 0 bridgehead atoms. The summed E-state index contributed by atoms with van der Waals surface area (Å²) in [5.41, 5.74) is 20.8. The summed E-state index contributed by atoms with van der Waals surface area (Å²) < 4.78 is 39.7. The van der Waals surface area contributed by atoms with Crippen LogP contribution in [0.3, 0.4) is 0 Å². The first kappa shape index (κ1) is 37.9. The molecule has 0 atom stereocenters. The zero-order chi connectivity index (χ0) is 39.3. The number of fused-ring (bicyclic) bond motifs is 1. The zero-order valence-corrected chi connectivity index (χ0v) is 29.4. The van der Waals surface area contributed by atoms with Crippen LogP contribution in [0.1, 0.15) is 0 Å². The SMILES string of the molecule is Nc1ccc(/N=N/c2ccc(-c3ccc(/N=N/c4c(S(=O)(=O)O)cc5cc(SOOO)c(/N=N/c6ccc([N+](=O)[O-])cc6)c(O)c5c4N)cc3)cc2)c(N)c1. The van der Waals surface area contributed by atoms with E-state index in [0.717, 1.165) is 17.2 Å². The maximum atomic E-state index is 12.5. The number of non-ortho nitro benzene ring substituents is 1. The summed E-state index contributed by atoms with van der Waals surface area (Å²) in [5, 5.41) is 59.1. The highest BCUT2D eigenvalue weighted by Gasteiger charge is 2.25. The van der Waals surface area contributed by atoms with Gasteiger partial charge >= 0.3 is 0 Å². The average molecular weight is 783 g/mol. The van der Waals surface area contributed by atoms with E-state index in [1.165, 1.54) is 30.3 Å². The van der Waals surface area contributed by atoms with Crippen molar-refractivity contribution < 1.29 is 37.6 Å². The van der Waals surface area contributed by atoms with E-state index in [2.05, 4.69) is 40.1 Å². The predicted molar refractivity (Wildman–Crippen MR) is 203 cm³/mol. The summed E-state index contributed by atoms with van der Waals surface area (Å²) >= 11 is 0.364. The molecule has 21 heteroatoms. The van der Waals surface area contributed by atoms with Crippen molar-refractivity contribution in [1.82, 2.24) is 0 Å². The fraction of sp³-hybridized carbons (Fsp3) is 0. The van der Waals surface area contributed by atoms with Gasteiger partial charge in [0.25, 0.3) is 15.8 Å². The van der Waals surface area contributed by atoms with Crippen LogP contribution < -0.4 is 17.2 Å². The van der Waals surface area contributed by atoms with E-state index in [9.17, 15) is 28.2 Å². The van der Waals surface area contributed by atoms with Crippen LogP contribution in [-0.4, -0.2) is 28.3 Å². The summed E-state index contributed by atoms with van der Waals surface area (Å²) in [6, 6.07) is 26.1. The van der Waals surface area contributed by atoms with Gasteiger partial charge in [-0.1, -0.05) is 29.3 Å². The van der Waals surface area contributed by atoms with Crippen LogP contribution in [0.2, 0.25) is 0 Å². The van der Waals surface area contributed by atoms with E-state index in [0.29, 0.717) is 34.8 Å². The molecular weight excluding hydrogens is 757 g/mol. The molecule has 0 saturated carbocycles. The molecule has 6 aromatic rings. The smallest absolute Gasteiger partial charge is 0.296 e. The van der Waals surface area contributed by atoms with Gasteiger partial charge in [-0.2, -0.15) is 23.8 Å². The Kier molecular flexibility index (Phi) is 11.0. The predicted octanol–water partition coefficient (Wildman–Crippen LogP) is 9.79. The highest BCUT2D eigenvalue weighted by atomic mass is 32.2. The van der Waals surface area contributed by atoms with Gasteiger partial charge in [0, 0.05) is 17.8 Å². The van der Waals surface area contributed by atoms with Crippen LogP contribution in [0.5, 0.6) is 5.75 Å². The molecule has 19 nitrogen and oxygen atoms in total. The fourth-order valence-electron chi connectivity index (χ4n) is 5.10. The average Bonchev–Trinajstić information content (AvgIpc) is 3.16. The second-order valence-electron chi connectivity index (χ2n) is 11.3. The fourth-order valence-corrected chi connectivity index (χ4v) is 6.26. The van der Waals surface area contributed by atoms with E-state index in [1.807, 2.05) is 12.1 Å². The lowest BCUT2D eigenvalue weighted by Gasteiger charge is -2.14. The maximum absolute atomic E-state index is 12.5. The van der Waals surface area contributed by atoms with Crippen molar-refractivity contribution in [2.24, 2.45) is 30.7 Å². The molecule has 0 aliphatic rings. The number of hydrogen-bond donors (Lipinski definition) is 6. The highest BCUT2D eigenvalue weighted by molar-refractivity contribution is 7.94. The van der Waals surface area contributed by atoms with Crippen molar-refractivity contribution in [3.63, 3.8) is 0 Å². The normalized spacial score (nSPS) is 12.0. The Morgan fingerprint density at radius 2 is 1.25 bits per heavy atom. The number of phenols is 1. The van der Waals surface area contributed by atoms with Gasteiger partial charge in [-0.05, 0) is 83.2 Å². The van der Waals surface area contributed by atoms with Gasteiger partial charge in [0.1, 0.15) is 22.0 Å². The van der Waals surface area contributed by atoms with E-state index >= 15 is 0 Å². The first-order chi connectivity index (χ1) is 26.3. The largest absolute Gasteiger partial charge is 0.505 e. The standard InChI is InChI=1S/C34H26N10O9S2/c35-21-5-14-27(26(36)17-21)41-38-22-6-1-18(2-7-22)19-3-8-23(9-4-19)40-43-33-29(55(49,50)51)16-20-15-28(54-53-52-48)32(34(45)30(20)31(33)37)42-39-24-10-12-25(13-11-24)44(46)47/h1-17,45,48H,35-37H2,(H,49,50,51)/b41-38+,42-39+,43-40+. The van der Waals surface area contributed by atoms with Crippen LogP contribution in [0.25, 0.3) is 21.9 Å². The van der Waals surface area contributed by atoms with Crippen LogP contribution >= 0.6 is 12.0 Å². The van der Waals surface area contributed by atoms with Gasteiger partial charge in [-0.3, -0.25) is 14.7 Å². The van der Waals surface area contributed by atoms with E-state index in [1.54, 1.807) is 54.6 Å². The lowest BCUT2D eigenvalue weighted by atomic mass is 10.0. The van der Waals surface area contributed by atoms with Crippen molar-refractivity contribution in [2.45, 2.75) is 9.79 Å². The Bertz CT molecular complexity index is 2620. The van der Waals surface area contributed by atoms with Crippen molar-refractivity contribution in [3.05, 3.63) is 113 Å². The van der Waals surface area contributed by atoms with Crippen LogP contribution in [0, 0.1) is 10.1 Å². The number of nitrogens with zero attached hydrogens (tertiary/aromatic N) is 7. The third kappa shape index (κ3) is 8.68. The lowest BCUT2D eigenvalue weighted by molar-refractivity contribution is -0.432. The minimum absolute atomic E-state index is 0.0221. The first-order valence-electron chi connectivity index (χ1n) is 15.4. The molecule has 0 aromatic heterocycles. The number of aromatic hydroxyl groups is 1. The van der Waals surface area contributed by atoms with Crippen LogP contribution in [0.4, 0.5) is 56.9 Å². The monoisotopic (exact) mass is 782 g/mol. The number of rotatable bonds is 12. The molecule has 0 amide bonds. The molecule has 0 aliphatic carbocycles. The molecule has 0 aliphatic heterocycles. The lowest BCUT2D eigenvalue weighted by Crippen LogP contribution is -2.02. The Morgan fingerprint density at radius 1 is 0.709 bits per heavy atom. The van der Waals surface area contributed by atoms with E-state index < -0.39 is 37.1 Å². The first-order valence-corrected chi connectivity index (χ1v) is 17.6. The molecule has 278 valence electrons. The molecule has 0 fully saturated rings. The molecule has 0 radical (unpaired) electrons.